The standard InChI is InChI=1S/C23H27Cl2N3O3S/c1-2-31-23(30)21-16-4-3-5-19(16)32-22(21)26-20(29)14-28-10-8-27(9-11-28)13-15-6-7-17(24)18(25)12-15/h6-7,12H,2-5,8-11,13-14H2,1H3,(H,26,29). The van der Waals surface area contributed by atoms with Crippen molar-refractivity contribution in [3.8, 4) is 0 Å². The first-order chi connectivity index (χ1) is 15.4. The summed E-state index contributed by atoms with van der Waals surface area (Å²) in [5.41, 5.74) is 2.74. The van der Waals surface area contributed by atoms with Crippen molar-refractivity contribution in [3.05, 3.63) is 49.8 Å². The number of esters is 1. The van der Waals surface area contributed by atoms with Gasteiger partial charge in [-0.1, -0.05) is 29.3 Å². The fourth-order valence-corrected chi connectivity index (χ4v) is 5.90. The number of hydrogen-bond acceptors (Lipinski definition) is 6. The van der Waals surface area contributed by atoms with Gasteiger partial charge in [0, 0.05) is 37.6 Å². The molecule has 0 bridgehead atoms. The van der Waals surface area contributed by atoms with Crippen molar-refractivity contribution in [3.63, 3.8) is 0 Å². The Bertz CT molecular complexity index is 1000. The molecule has 1 aromatic heterocycles. The summed E-state index contributed by atoms with van der Waals surface area (Å²) in [6.45, 7) is 6.59. The van der Waals surface area contributed by atoms with E-state index in [2.05, 4.69) is 15.1 Å². The molecule has 9 heteroatoms. The lowest BCUT2D eigenvalue weighted by Crippen LogP contribution is -2.48. The van der Waals surface area contributed by atoms with E-state index in [-0.39, 0.29) is 11.9 Å². The van der Waals surface area contributed by atoms with Crippen LogP contribution in [-0.4, -0.2) is 61.0 Å². The Hall–Kier alpha value is -1.64. The van der Waals surface area contributed by atoms with Gasteiger partial charge in [0.1, 0.15) is 5.00 Å². The number of aryl methyl sites for hydroxylation is 1. The number of carbonyl (C=O) groups is 2. The predicted molar refractivity (Wildman–Crippen MR) is 129 cm³/mol. The van der Waals surface area contributed by atoms with Gasteiger partial charge in [0.05, 0.1) is 28.8 Å². The van der Waals surface area contributed by atoms with E-state index < -0.39 is 0 Å². The van der Waals surface area contributed by atoms with Gasteiger partial charge in [0.2, 0.25) is 5.91 Å². The summed E-state index contributed by atoms with van der Waals surface area (Å²) in [6.07, 6.45) is 2.88. The van der Waals surface area contributed by atoms with Crippen LogP contribution in [0.5, 0.6) is 0 Å². The number of nitrogens with one attached hydrogen (secondary N) is 1. The molecular weight excluding hydrogens is 469 g/mol. The normalized spacial score (nSPS) is 16.7. The average molecular weight is 496 g/mol. The highest BCUT2D eigenvalue weighted by molar-refractivity contribution is 7.17. The molecule has 2 heterocycles. The Labute approximate surface area is 202 Å². The molecule has 0 radical (unpaired) electrons. The van der Waals surface area contributed by atoms with E-state index in [9.17, 15) is 9.59 Å². The van der Waals surface area contributed by atoms with Gasteiger partial charge in [-0.2, -0.15) is 0 Å². The molecule has 2 aliphatic rings. The van der Waals surface area contributed by atoms with Crippen molar-refractivity contribution in [2.24, 2.45) is 0 Å². The van der Waals surface area contributed by atoms with Crippen LogP contribution in [0.4, 0.5) is 5.00 Å². The molecule has 172 valence electrons. The van der Waals surface area contributed by atoms with Crippen LogP contribution in [0.1, 0.15) is 39.7 Å². The molecule has 1 fully saturated rings. The van der Waals surface area contributed by atoms with Gasteiger partial charge in [-0.25, -0.2) is 4.79 Å². The van der Waals surface area contributed by atoms with Gasteiger partial charge in [0.15, 0.2) is 0 Å². The number of fused-ring (bicyclic) bond motifs is 1. The summed E-state index contributed by atoms with van der Waals surface area (Å²) >= 11 is 13.6. The number of amides is 1. The summed E-state index contributed by atoms with van der Waals surface area (Å²) in [6, 6.07) is 5.72. The van der Waals surface area contributed by atoms with Crippen LogP contribution in [0.15, 0.2) is 18.2 Å². The molecular formula is C23H27Cl2N3O3S. The molecule has 1 saturated heterocycles. The Balaban J connectivity index is 1.30. The fourth-order valence-electron chi connectivity index (χ4n) is 4.28. The van der Waals surface area contributed by atoms with Crippen LogP contribution >= 0.6 is 34.5 Å². The van der Waals surface area contributed by atoms with E-state index in [0.717, 1.165) is 63.1 Å². The van der Waals surface area contributed by atoms with Crippen LogP contribution in [-0.2, 0) is 28.9 Å². The predicted octanol–water partition coefficient (Wildman–Crippen LogP) is 4.48. The quantitative estimate of drug-likeness (QED) is 0.573. The van der Waals surface area contributed by atoms with Gasteiger partial charge >= 0.3 is 5.97 Å². The summed E-state index contributed by atoms with van der Waals surface area (Å²) < 4.78 is 5.24. The fraction of sp³-hybridized carbons (Fsp3) is 0.478. The summed E-state index contributed by atoms with van der Waals surface area (Å²) in [7, 11) is 0. The second-order valence-corrected chi connectivity index (χ2v) is 10.1. The maximum atomic E-state index is 12.7. The Morgan fingerprint density at radius 1 is 1.09 bits per heavy atom. The molecule has 2 aromatic rings. The first kappa shape index (κ1) is 23.5. The smallest absolute Gasteiger partial charge is 0.341 e. The van der Waals surface area contributed by atoms with E-state index in [1.165, 1.54) is 16.2 Å². The summed E-state index contributed by atoms with van der Waals surface area (Å²) in [5.74, 6) is -0.425. The van der Waals surface area contributed by atoms with E-state index in [1.54, 1.807) is 6.92 Å². The second kappa shape index (κ2) is 10.5. The molecule has 1 aromatic carbocycles. The molecule has 1 aliphatic heterocycles. The minimum Gasteiger partial charge on any atom is -0.462 e. The molecule has 6 nitrogen and oxygen atoms in total. The monoisotopic (exact) mass is 495 g/mol. The largest absolute Gasteiger partial charge is 0.462 e. The van der Waals surface area contributed by atoms with Crippen LogP contribution < -0.4 is 5.32 Å². The zero-order valence-electron chi connectivity index (χ0n) is 18.1. The summed E-state index contributed by atoms with van der Waals surface area (Å²) in [4.78, 5) is 30.9. The van der Waals surface area contributed by atoms with Crippen molar-refractivity contribution in [2.45, 2.75) is 32.7 Å². The number of carbonyl (C=O) groups excluding carboxylic acids is 2. The number of hydrogen-bond donors (Lipinski definition) is 1. The van der Waals surface area contributed by atoms with E-state index in [1.807, 2.05) is 18.2 Å². The van der Waals surface area contributed by atoms with Crippen molar-refractivity contribution in [1.82, 2.24) is 9.80 Å². The minimum absolute atomic E-state index is 0.0894. The van der Waals surface area contributed by atoms with Crippen LogP contribution in [0, 0.1) is 0 Å². The third-order valence-electron chi connectivity index (χ3n) is 5.88. The maximum Gasteiger partial charge on any atom is 0.341 e. The molecule has 0 unspecified atom stereocenters. The van der Waals surface area contributed by atoms with Crippen LogP contribution in [0.25, 0.3) is 0 Å². The number of halogens is 2. The van der Waals surface area contributed by atoms with E-state index in [0.29, 0.717) is 33.8 Å². The molecule has 0 spiro atoms. The number of benzene rings is 1. The lowest BCUT2D eigenvalue weighted by Gasteiger charge is -2.34. The number of nitrogens with zero attached hydrogens (tertiary/aromatic N) is 2. The number of rotatable bonds is 7. The number of thiophene rings is 1. The van der Waals surface area contributed by atoms with Crippen molar-refractivity contribution in [2.75, 3.05) is 44.6 Å². The first-order valence-electron chi connectivity index (χ1n) is 10.9. The van der Waals surface area contributed by atoms with E-state index in [4.69, 9.17) is 27.9 Å². The maximum absolute atomic E-state index is 12.7. The summed E-state index contributed by atoms with van der Waals surface area (Å²) in [5, 5.41) is 4.75. The third kappa shape index (κ3) is 5.46. The van der Waals surface area contributed by atoms with Crippen LogP contribution in [0.2, 0.25) is 10.0 Å². The zero-order chi connectivity index (χ0) is 22.7. The van der Waals surface area contributed by atoms with E-state index >= 15 is 0 Å². The molecule has 4 rings (SSSR count). The molecule has 0 saturated carbocycles. The Morgan fingerprint density at radius 3 is 2.56 bits per heavy atom. The van der Waals surface area contributed by atoms with Gasteiger partial charge in [-0.15, -0.1) is 11.3 Å². The lowest BCUT2D eigenvalue weighted by atomic mass is 10.1. The molecule has 1 N–H and O–H groups in total. The first-order valence-corrected chi connectivity index (χ1v) is 12.5. The lowest BCUT2D eigenvalue weighted by molar-refractivity contribution is -0.117. The Morgan fingerprint density at radius 2 is 1.84 bits per heavy atom. The highest BCUT2D eigenvalue weighted by Gasteiger charge is 2.29. The minimum atomic E-state index is -0.335. The zero-order valence-corrected chi connectivity index (χ0v) is 20.4. The Kier molecular flexibility index (Phi) is 7.74. The molecule has 1 aliphatic carbocycles. The molecule has 32 heavy (non-hydrogen) atoms. The van der Waals surface area contributed by atoms with Crippen molar-refractivity contribution >= 4 is 51.4 Å². The van der Waals surface area contributed by atoms with Crippen molar-refractivity contribution < 1.29 is 14.3 Å². The molecule has 1 amide bonds. The van der Waals surface area contributed by atoms with Gasteiger partial charge < -0.3 is 10.1 Å². The number of ether oxygens (including phenoxy) is 1. The average Bonchev–Trinajstić information content (AvgIpc) is 3.33. The second-order valence-electron chi connectivity index (χ2n) is 8.13. The number of piperazine rings is 1. The van der Waals surface area contributed by atoms with Gasteiger partial charge in [-0.3, -0.25) is 14.6 Å². The van der Waals surface area contributed by atoms with Gasteiger partial charge in [0.25, 0.3) is 0 Å². The SMILES string of the molecule is CCOC(=O)c1c(NC(=O)CN2CCN(Cc3ccc(Cl)c(Cl)c3)CC2)sc2c1CCC2. The third-order valence-corrected chi connectivity index (χ3v) is 7.82. The van der Waals surface area contributed by atoms with Crippen LogP contribution in [0.3, 0.4) is 0 Å². The highest BCUT2D eigenvalue weighted by atomic mass is 35.5. The highest BCUT2D eigenvalue weighted by Crippen LogP contribution is 2.39. The molecule has 0 atom stereocenters. The van der Waals surface area contributed by atoms with Gasteiger partial charge in [-0.05, 0) is 49.4 Å². The van der Waals surface area contributed by atoms with Crippen molar-refractivity contribution in [1.29, 1.82) is 0 Å². The number of anilines is 1. The topological polar surface area (TPSA) is 61.9 Å².